The van der Waals surface area contributed by atoms with E-state index in [0.29, 0.717) is 22.9 Å². The van der Waals surface area contributed by atoms with Crippen molar-refractivity contribution in [2.45, 2.75) is 0 Å². The summed E-state index contributed by atoms with van der Waals surface area (Å²) < 4.78 is 13.2. The summed E-state index contributed by atoms with van der Waals surface area (Å²) in [6.45, 7) is 0. The van der Waals surface area contributed by atoms with Crippen molar-refractivity contribution in [1.82, 2.24) is 4.98 Å². The summed E-state index contributed by atoms with van der Waals surface area (Å²) in [5.41, 5.74) is 7.56. The van der Waals surface area contributed by atoms with Crippen LogP contribution in [0.1, 0.15) is 10.5 Å². The van der Waals surface area contributed by atoms with Gasteiger partial charge in [0.1, 0.15) is 17.3 Å². The van der Waals surface area contributed by atoms with Crippen LogP contribution >= 0.6 is 0 Å². The lowest BCUT2D eigenvalue weighted by atomic mass is 10.2. The van der Waals surface area contributed by atoms with Crippen LogP contribution in [0.2, 0.25) is 0 Å². The number of nitrogens with two attached hydrogens (primary N) is 1. The third-order valence-corrected chi connectivity index (χ3v) is 3.21. The highest BCUT2D eigenvalue weighted by atomic mass is 19.1. The van der Waals surface area contributed by atoms with Gasteiger partial charge in [-0.25, -0.2) is 9.37 Å². The van der Waals surface area contributed by atoms with Gasteiger partial charge in [0.2, 0.25) is 0 Å². The normalized spacial score (nSPS) is 10.2. The van der Waals surface area contributed by atoms with E-state index in [1.807, 2.05) is 18.2 Å². The Morgan fingerprint density at radius 3 is 2.46 bits per heavy atom. The average molecular weight is 322 g/mol. The molecule has 4 N–H and O–H groups in total. The molecule has 0 fully saturated rings. The minimum atomic E-state index is -0.379. The molecule has 1 amide bonds. The standard InChI is InChI=1S/C18H15FN4O/c19-12-5-4-8-15(9-12)21-17-11-13(20)10-16(23-17)18(24)22-14-6-2-1-3-7-14/h1-11H,(H,22,24)(H3,20,21,23). The van der Waals surface area contributed by atoms with Gasteiger partial charge in [-0.2, -0.15) is 0 Å². The first-order chi connectivity index (χ1) is 11.6. The van der Waals surface area contributed by atoms with E-state index in [0.717, 1.165) is 0 Å². The maximum absolute atomic E-state index is 13.2. The topological polar surface area (TPSA) is 80.0 Å². The Labute approximate surface area is 138 Å². The average Bonchev–Trinajstić information content (AvgIpc) is 2.55. The number of amides is 1. The summed E-state index contributed by atoms with van der Waals surface area (Å²) >= 11 is 0. The van der Waals surface area contributed by atoms with E-state index in [4.69, 9.17) is 5.73 Å². The zero-order valence-electron chi connectivity index (χ0n) is 12.7. The zero-order chi connectivity index (χ0) is 16.9. The number of benzene rings is 2. The van der Waals surface area contributed by atoms with Crippen molar-refractivity contribution in [2.75, 3.05) is 16.4 Å². The number of rotatable bonds is 4. The van der Waals surface area contributed by atoms with Gasteiger partial charge in [-0.1, -0.05) is 24.3 Å². The summed E-state index contributed by atoms with van der Waals surface area (Å²) in [7, 11) is 0. The van der Waals surface area contributed by atoms with Gasteiger partial charge in [0, 0.05) is 23.1 Å². The monoisotopic (exact) mass is 322 g/mol. The lowest BCUT2D eigenvalue weighted by Gasteiger charge is -2.10. The molecule has 120 valence electrons. The number of para-hydroxylation sites is 1. The van der Waals surface area contributed by atoms with Crippen molar-refractivity contribution in [3.63, 3.8) is 0 Å². The molecule has 1 heterocycles. The van der Waals surface area contributed by atoms with E-state index in [2.05, 4.69) is 15.6 Å². The van der Waals surface area contributed by atoms with Crippen LogP contribution in [-0.4, -0.2) is 10.9 Å². The molecule has 5 nitrogen and oxygen atoms in total. The second-order valence-corrected chi connectivity index (χ2v) is 5.13. The quantitative estimate of drug-likeness (QED) is 0.682. The molecule has 1 aromatic heterocycles. The molecule has 0 aliphatic carbocycles. The number of hydrogen-bond donors (Lipinski definition) is 3. The molecular formula is C18H15FN4O. The van der Waals surface area contributed by atoms with Gasteiger partial charge in [-0.3, -0.25) is 4.79 Å². The third-order valence-electron chi connectivity index (χ3n) is 3.21. The van der Waals surface area contributed by atoms with Gasteiger partial charge in [0.25, 0.3) is 5.91 Å². The number of nitrogen functional groups attached to an aromatic ring is 1. The van der Waals surface area contributed by atoms with Crippen molar-refractivity contribution in [1.29, 1.82) is 0 Å². The Hall–Kier alpha value is -3.41. The van der Waals surface area contributed by atoms with Gasteiger partial charge in [-0.15, -0.1) is 0 Å². The summed E-state index contributed by atoms with van der Waals surface area (Å²) in [6.07, 6.45) is 0. The molecule has 0 aliphatic rings. The molecule has 2 aromatic carbocycles. The largest absolute Gasteiger partial charge is 0.399 e. The lowest BCUT2D eigenvalue weighted by Crippen LogP contribution is -2.14. The molecule has 24 heavy (non-hydrogen) atoms. The predicted octanol–water partition coefficient (Wildman–Crippen LogP) is 3.80. The SMILES string of the molecule is Nc1cc(Nc2cccc(F)c2)nc(C(=O)Nc2ccccc2)c1. The van der Waals surface area contributed by atoms with E-state index in [1.165, 1.54) is 18.2 Å². The summed E-state index contributed by atoms with van der Waals surface area (Å²) in [6, 6.07) is 18.0. The van der Waals surface area contributed by atoms with Crippen LogP contribution in [0.15, 0.2) is 66.7 Å². The van der Waals surface area contributed by atoms with Crippen molar-refractivity contribution < 1.29 is 9.18 Å². The van der Waals surface area contributed by atoms with Crippen LogP contribution in [0.3, 0.4) is 0 Å². The number of nitrogens with zero attached hydrogens (tertiary/aromatic N) is 1. The number of anilines is 4. The lowest BCUT2D eigenvalue weighted by molar-refractivity contribution is 0.102. The Kier molecular flexibility index (Phi) is 4.38. The Morgan fingerprint density at radius 2 is 1.71 bits per heavy atom. The van der Waals surface area contributed by atoms with Gasteiger partial charge < -0.3 is 16.4 Å². The molecule has 0 saturated carbocycles. The molecule has 0 unspecified atom stereocenters. The van der Waals surface area contributed by atoms with Gasteiger partial charge in [0.05, 0.1) is 0 Å². The zero-order valence-corrected chi connectivity index (χ0v) is 12.7. The summed E-state index contributed by atoms with van der Waals surface area (Å²) in [4.78, 5) is 16.5. The van der Waals surface area contributed by atoms with Crippen LogP contribution in [0.5, 0.6) is 0 Å². The van der Waals surface area contributed by atoms with Crippen molar-refractivity contribution in [3.8, 4) is 0 Å². The molecular weight excluding hydrogens is 307 g/mol. The van der Waals surface area contributed by atoms with Gasteiger partial charge >= 0.3 is 0 Å². The van der Waals surface area contributed by atoms with Crippen LogP contribution in [0.25, 0.3) is 0 Å². The number of halogens is 1. The number of aromatic nitrogens is 1. The smallest absolute Gasteiger partial charge is 0.274 e. The summed E-state index contributed by atoms with van der Waals surface area (Å²) in [5.74, 6) is -0.388. The fraction of sp³-hybridized carbons (Fsp3) is 0. The summed E-state index contributed by atoms with van der Waals surface area (Å²) in [5, 5.41) is 5.67. The van der Waals surface area contributed by atoms with Gasteiger partial charge in [0.15, 0.2) is 0 Å². The minimum Gasteiger partial charge on any atom is -0.399 e. The van der Waals surface area contributed by atoms with Gasteiger partial charge in [-0.05, 0) is 36.4 Å². The molecule has 0 atom stereocenters. The molecule has 0 bridgehead atoms. The fourth-order valence-corrected chi connectivity index (χ4v) is 2.16. The molecule has 0 saturated heterocycles. The number of carbonyl (C=O) groups is 1. The van der Waals surface area contributed by atoms with E-state index in [-0.39, 0.29) is 17.4 Å². The highest BCUT2D eigenvalue weighted by molar-refractivity contribution is 6.03. The number of nitrogens with one attached hydrogen (secondary N) is 2. The Bertz CT molecular complexity index is 868. The molecule has 0 aliphatic heterocycles. The number of carbonyl (C=O) groups excluding carboxylic acids is 1. The number of pyridine rings is 1. The minimum absolute atomic E-state index is 0.165. The molecule has 6 heteroatoms. The van der Waals surface area contributed by atoms with E-state index in [9.17, 15) is 9.18 Å². The van der Waals surface area contributed by atoms with Crippen LogP contribution in [0.4, 0.5) is 27.3 Å². The first-order valence-corrected chi connectivity index (χ1v) is 7.27. The van der Waals surface area contributed by atoms with Crippen molar-refractivity contribution >= 4 is 28.8 Å². The molecule has 3 rings (SSSR count). The van der Waals surface area contributed by atoms with Crippen LogP contribution < -0.4 is 16.4 Å². The maximum atomic E-state index is 13.2. The van der Waals surface area contributed by atoms with Crippen molar-refractivity contribution in [2.24, 2.45) is 0 Å². The van der Waals surface area contributed by atoms with Crippen LogP contribution in [-0.2, 0) is 0 Å². The van der Waals surface area contributed by atoms with E-state index >= 15 is 0 Å². The highest BCUT2D eigenvalue weighted by Crippen LogP contribution is 2.19. The number of hydrogen-bond acceptors (Lipinski definition) is 4. The molecule has 0 radical (unpaired) electrons. The second kappa shape index (κ2) is 6.78. The maximum Gasteiger partial charge on any atom is 0.274 e. The van der Waals surface area contributed by atoms with Crippen molar-refractivity contribution in [3.05, 3.63) is 78.2 Å². The van der Waals surface area contributed by atoms with Crippen LogP contribution in [0, 0.1) is 5.82 Å². The third kappa shape index (κ3) is 3.86. The Balaban J connectivity index is 1.82. The van der Waals surface area contributed by atoms with E-state index in [1.54, 1.807) is 30.3 Å². The first kappa shape index (κ1) is 15.5. The fourth-order valence-electron chi connectivity index (χ4n) is 2.16. The predicted molar refractivity (Wildman–Crippen MR) is 92.7 cm³/mol. The first-order valence-electron chi connectivity index (χ1n) is 7.27. The Morgan fingerprint density at radius 1 is 0.958 bits per heavy atom. The second-order valence-electron chi connectivity index (χ2n) is 5.13. The van der Waals surface area contributed by atoms with E-state index < -0.39 is 0 Å². The highest BCUT2D eigenvalue weighted by Gasteiger charge is 2.10. The molecule has 3 aromatic rings. The molecule has 0 spiro atoms.